The highest BCUT2D eigenvalue weighted by Gasteiger charge is 2.73. The molecule has 2 aliphatic heterocycles. The van der Waals surface area contributed by atoms with Crippen molar-refractivity contribution in [3.05, 3.63) is 35.9 Å². The second-order valence-corrected chi connectivity index (χ2v) is 5.86. The fourth-order valence-electron chi connectivity index (χ4n) is 3.15. The van der Waals surface area contributed by atoms with E-state index in [4.69, 9.17) is 14.2 Å². The molecule has 2 aliphatic rings. The molecule has 6 heteroatoms. The minimum Gasteiger partial charge on any atom is -0.466 e. The predicted octanol–water partition coefficient (Wildman–Crippen LogP) is 1.09. The van der Waals surface area contributed by atoms with Crippen LogP contribution < -0.4 is 0 Å². The molecule has 0 saturated carbocycles. The van der Waals surface area contributed by atoms with Crippen LogP contribution >= 0.6 is 0 Å². The van der Waals surface area contributed by atoms with Gasteiger partial charge in [0.1, 0.15) is 11.8 Å². The Hall–Kier alpha value is -1.92. The normalized spacial score (nSPS) is 33.3. The third kappa shape index (κ3) is 1.94. The van der Waals surface area contributed by atoms with Gasteiger partial charge in [0.05, 0.1) is 13.7 Å². The number of likely N-dealkylation sites (tertiary alicyclic amines) is 1. The summed E-state index contributed by atoms with van der Waals surface area (Å²) in [6, 6.07) is 9.58. The van der Waals surface area contributed by atoms with E-state index in [2.05, 4.69) is 0 Å². The number of nitrogens with zero attached hydrogens (tertiary/aromatic N) is 1. The van der Waals surface area contributed by atoms with Gasteiger partial charge in [-0.25, -0.2) is 4.79 Å². The summed E-state index contributed by atoms with van der Waals surface area (Å²) in [7, 11) is 2.87. The molecule has 22 heavy (non-hydrogen) atoms. The van der Waals surface area contributed by atoms with Gasteiger partial charge < -0.3 is 19.1 Å². The van der Waals surface area contributed by atoms with E-state index >= 15 is 0 Å². The van der Waals surface area contributed by atoms with Crippen LogP contribution in [0.1, 0.15) is 18.9 Å². The first-order valence-electron chi connectivity index (χ1n) is 7.16. The molecular formula is C16H19NO5. The zero-order valence-corrected chi connectivity index (χ0v) is 12.9. The first kappa shape index (κ1) is 15.0. The first-order chi connectivity index (χ1) is 10.4. The largest absolute Gasteiger partial charge is 0.466 e. The van der Waals surface area contributed by atoms with Gasteiger partial charge in [0.25, 0.3) is 11.5 Å². The Kier molecular flexibility index (Phi) is 3.45. The molecule has 2 fully saturated rings. The fraction of sp³-hybridized carbons (Fsp3) is 0.500. The second kappa shape index (κ2) is 5.07. The minimum atomic E-state index is -1.69. The van der Waals surface area contributed by atoms with E-state index in [0.29, 0.717) is 13.0 Å². The van der Waals surface area contributed by atoms with Gasteiger partial charge in [-0.05, 0) is 12.5 Å². The van der Waals surface area contributed by atoms with Crippen LogP contribution in [-0.4, -0.2) is 48.4 Å². The van der Waals surface area contributed by atoms with Crippen LogP contribution in [0.3, 0.4) is 0 Å². The van der Waals surface area contributed by atoms with Crippen molar-refractivity contribution >= 4 is 11.9 Å². The maximum atomic E-state index is 12.5. The van der Waals surface area contributed by atoms with Gasteiger partial charge in [0, 0.05) is 13.5 Å². The Morgan fingerprint density at radius 2 is 2.09 bits per heavy atom. The number of benzene rings is 1. The Morgan fingerprint density at radius 3 is 2.68 bits per heavy atom. The number of hydrogen-bond acceptors (Lipinski definition) is 5. The standard InChI is InChI=1S/C16H19NO5/c1-15-9-12(21-10-11-7-5-4-6-8-11)16(22-15,14(19)20-3)13(18)17(15)2/h4-8,12H,9-10H2,1-3H3/t12-,15-,16+/m1/s1. The van der Waals surface area contributed by atoms with E-state index in [1.165, 1.54) is 12.0 Å². The first-order valence-corrected chi connectivity index (χ1v) is 7.16. The molecule has 2 bridgehead atoms. The summed E-state index contributed by atoms with van der Waals surface area (Å²) in [5.41, 5.74) is -1.56. The van der Waals surface area contributed by atoms with Crippen LogP contribution in [0, 0.1) is 0 Å². The summed E-state index contributed by atoms with van der Waals surface area (Å²) in [6.07, 6.45) is -0.231. The van der Waals surface area contributed by atoms with E-state index in [1.54, 1.807) is 14.0 Å². The van der Waals surface area contributed by atoms with Crippen LogP contribution in [0.15, 0.2) is 30.3 Å². The topological polar surface area (TPSA) is 65.1 Å². The quantitative estimate of drug-likeness (QED) is 0.615. The molecule has 1 aromatic rings. The lowest BCUT2D eigenvalue weighted by Gasteiger charge is -2.34. The van der Waals surface area contributed by atoms with Crippen molar-refractivity contribution in [1.82, 2.24) is 4.90 Å². The molecule has 0 aliphatic carbocycles. The zero-order chi connectivity index (χ0) is 16.0. The predicted molar refractivity (Wildman–Crippen MR) is 76.6 cm³/mol. The molecular weight excluding hydrogens is 286 g/mol. The van der Waals surface area contributed by atoms with Gasteiger partial charge in [-0.1, -0.05) is 30.3 Å². The average Bonchev–Trinajstić information content (AvgIpc) is 2.95. The number of esters is 1. The molecule has 0 unspecified atom stereocenters. The number of hydrogen-bond donors (Lipinski definition) is 0. The van der Waals surface area contributed by atoms with E-state index in [-0.39, 0.29) is 0 Å². The summed E-state index contributed by atoms with van der Waals surface area (Å²) >= 11 is 0. The summed E-state index contributed by atoms with van der Waals surface area (Å²) in [5.74, 6) is -1.12. The van der Waals surface area contributed by atoms with Crippen molar-refractivity contribution in [3.8, 4) is 0 Å². The van der Waals surface area contributed by atoms with Crippen LogP contribution in [0.5, 0.6) is 0 Å². The van der Waals surface area contributed by atoms with Gasteiger partial charge in [-0.2, -0.15) is 0 Å². The number of ether oxygens (including phenoxy) is 3. The molecule has 0 aromatic heterocycles. The van der Waals surface area contributed by atoms with Crippen molar-refractivity contribution in [2.75, 3.05) is 14.2 Å². The highest BCUT2D eigenvalue weighted by molar-refractivity contribution is 6.09. The number of rotatable bonds is 4. The number of piperidine rings is 1. The third-order valence-corrected chi connectivity index (χ3v) is 4.51. The highest BCUT2D eigenvalue weighted by atomic mass is 16.6. The van der Waals surface area contributed by atoms with Crippen molar-refractivity contribution in [3.63, 3.8) is 0 Å². The number of likely N-dealkylation sites (N-methyl/N-ethyl adjacent to an activating group) is 1. The summed E-state index contributed by atoms with van der Waals surface area (Å²) < 4.78 is 16.5. The van der Waals surface area contributed by atoms with Gasteiger partial charge in [0.2, 0.25) is 0 Å². The summed E-state index contributed by atoms with van der Waals surface area (Å²) in [6.45, 7) is 2.09. The van der Waals surface area contributed by atoms with E-state index < -0.39 is 29.3 Å². The SMILES string of the molecule is COC(=O)[C@]12O[C@](C)(C[C@H]1OCc1ccccc1)N(C)C2=O. The average molecular weight is 305 g/mol. The van der Waals surface area contributed by atoms with E-state index in [1.807, 2.05) is 30.3 Å². The maximum Gasteiger partial charge on any atom is 0.351 e. The monoisotopic (exact) mass is 305 g/mol. The molecule has 3 rings (SSSR count). The molecule has 0 spiro atoms. The smallest absolute Gasteiger partial charge is 0.351 e. The number of methoxy groups -OCH3 is 1. The van der Waals surface area contributed by atoms with Gasteiger partial charge in [-0.3, -0.25) is 4.79 Å². The Morgan fingerprint density at radius 1 is 1.41 bits per heavy atom. The molecule has 6 nitrogen and oxygen atoms in total. The summed E-state index contributed by atoms with van der Waals surface area (Å²) in [4.78, 5) is 26.2. The molecule has 2 saturated heterocycles. The van der Waals surface area contributed by atoms with Crippen LogP contribution in [0.2, 0.25) is 0 Å². The summed E-state index contributed by atoms with van der Waals surface area (Å²) in [5, 5.41) is 0. The van der Waals surface area contributed by atoms with Crippen molar-refractivity contribution in [2.45, 2.75) is 37.4 Å². The van der Waals surface area contributed by atoms with Crippen LogP contribution in [0.4, 0.5) is 0 Å². The van der Waals surface area contributed by atoms with E-state index in [9.17, 15) is 9.59 Å². The van der Waals surface area contributed by atoms with Crippen molar-refractivity contribution < 1.29 is 23.8 Å². The zero-order valence-electron chi connectivity index (χ0n) is 12.9. The Labute approximate surface area is 128 Å². The fourth-order valence-corrected chi connectivity index (χ4v) is 3.15. The maximum absolute atomic E-state index is 12.5. The van der Waals surface area contributed by atoms with Gasteiger partial charge in [-0.15, -0.1) is 0 Å². The minimum absolute atomic E-state index is 0.306. The number of fused-ring (bicyclic) bond motifs is 2. The molecule has 118 valence electrons. The molecule has 3 atom stereocenters. The van der Waals surface area contributed by atoms with Crippen LogP contribution in [-0.2, 0) is 30.4 Å². The highest BCUT2D eigenvalue weighted by Crippen LogP contribution is 2.49. The number of amides is 1. The lowest BCUT2D eigenvalue weighted by molar-refractivity contribution is -0.179. The Bertz CT molecular complexity index is 604. The molecule has 0 N–H and O–H groups in total. The van der Waals surface area contributed by atoms with Gasteiger partial charge >= 0.3 is 5.97 Å². The van der Waals surface area contributed by atoms with Crippen molar-refractivity contribution in [2.24, 2.45) is 0 Å². The number of carbonyl (C=O) groups excluding carboxylic acids is 2. The van der Waals surface area contributed by atoms with Crippen molar-refractivity contribution in [1.29, 1.82) is 0 Å². The molecule has 0 radical (unpaired) electrons. The molecule has 1 amide bonds. The van der Waals surface area contributed by atoms with Crippen LogP contribution in [0.25, 0.3) is 0 Å². The number of carbonyl (C=O) groups is 2. The molecule has 1 aromatic carbocycles. The Balaban J connectivity index is 1.85. The van der Waals surface area contributed by atoms with E-state index in [0.717, 1.165) is 5.56 Å². The lowest BCUT2D eigenvalue weighted by atomic mass is 9.89. The lowest BCUT2D eigenvalue weighted by Crippen LogP contribution is -2.59. The van der Waals surface area contributed by atoms with Gasteiger partial charge in [0.15, 0.2) is 0 Å². The molecule has 2 heterocycles. The second-order valence-electron chi connectivity index (χ2n) is 5.86. The third-order valence-electron chi connectivity index (χ3n) is 4.51.